The fraction of sp³-hybridized carbons (Fsp3) is 0.611. The van der Waals surface area contributed by atoms with Gasteiger partial charge < -0.3 is 29.4 Å². The molecule has 1 aromatic carbocycles. The molecule has 7 nitrogen and oxygen atoms in total. The number of hydrogen-bond acceptors (Lipinski definition) is 6. The standard InChI is InChI=1S/C18H25NO6/c1-10-6-5-7-12(8-10)23-17-14(19-11(2)20)15(21)16-13(24-17)9-22-18(3,4)25-16/h5-8,13-17,21H,9H2,1-4H3,(H,19,20)/t13-,14+,15-,16+,17-/m1/s1. The Balaban J connectivity index is 1.82. The summed E-state index contributed by atoms with van der Waals surface area (Å²) in [5.41, 5.74) is 1.04. The summed E-state index contributed by atoms with van der Waals surface area (Å²) in [6.45, 7) is 7.17. The van der Waals surface area contributed by atoms with Gasteiger partial charge in [0.15, 0.2) is 5.79 Å². The van der Waals surface area contributed by atoms with Crippen molar-refractivity contribution in [3.8, 4) is 5.75 Å². The van der Waals surface area contributed by atoms with Crippen LogP contribution in [0.1, 0.15) is 26.3 Å². The maximum absolute atomic E-state index is 11.6. The highest BCUT2D eigenvalue weighted by Crippen LogP contribution is 2.33. The van der Waals surface area contributed by atoms with E-state index in [1.807, 2.05) is 25.1 Å². The lowest BCUT2D eigenvalue weighted by Gasteiger charge is -2.49. The Labute approximate surface area is 147 Å². The lowest BCUT2D eigenvalue weighted by Crippen LogP contribution is -2.69. The molecule has 0 bridgehead atoms. The van der Waals surface area contributed by atoms with Crippen molar-refractivity contribution in [2.24, 2.45) is 0 Å². The number of aryl methyl sites for hydroxylation is 1. The molecule has 5 atom stereocenters. The van der Waals surface area contributed by atoms with Crippen LogP contribution in [-0.2, 0) is 19.0 Å². The largest absolute Gasteiger partial charge is 0.463 e. The minimum atomic E-state index is -0.986. The predicted octanol–water partition coefficient (Wildman–Crippen LogP) is 1.12. The summed E-state index contributed by atoms with van der Waals surface area (Å²) in [5.74, 6) is -0.504. The van der Waals surface area contributed by atoms with Gasteiger partial charge in [-0.1, -0.05) is 12.1 Å². The highest BCUT2D eigenvalue weighted by Gasteiger charge is 2.52. The summed E-state index contributed by atoms with van der Waals surface area (Å²) in [5, 5.41) is 13.5. The van der Waals surface area contributed by atoms with E-state index in [2.05, 4.69) is 5.32 Å². The van der Waals surface area contributed by atoms with Crippen molar-refractivity contribution in [2.45, 2.75) is 64.1 Å². The molecule has 3 rings (SSSR count). The summed E-state index contributed by atoms with van der Waals surface area (Å²) >= 11 is 0. The van der Waals surface area contributed by atoms with E-state index in [1.54, 1.807) is 19.9 Å². The van der Waals surface area contributed by atoms with Crippen LogP contribution in [0.5, 0.6) is 5.75 Å². The molecule has 2 heterocycles. The van der Waals surface area contributed by atoms with Crippen molar-refractivity contribution in [1.29, 1.82) is 0 Å². The Bertz CT molecular complexity index is 634. The molecule has 0 radical (unpaired) electrons. The smallest absolute Gasteiger partial charge is 0.223 e. The van der Waals surface area contributed by atoms with Gasteiger partial charge in [0.1, 0.15) is 30.1 Å². The number of rotatable bonds is 3. The third-order valence-electron chi connectivity index (χ3n) is 4.30. The van der Waals surface area contributed by atoms with Crippen molar-refractivity contribution in [1.82, 2.24) is 5.32 Å². The highest BCUT2D eigenvalue weighted by molar-refractivity contribution is 5.73. The Hall–Kier alpha value is -1.67. The zero-order valence-corrected chi connectivity index (χ0v) is 14.9. The van der Waals surface area contributed by atoms with Gasteiger partial charge in [0.25, 0.3) is 0 Å². The number of aliphatic hydroxyl groups excluding tert-OH is 1. The number of aliphatic hydroxyl groups is 1. The van der Waals surface area contributed by atoms with E-state index in [0.29, 0.717) is 5.75 Å². The van der Waals surface area contributed by atoms with Crippen LogP contribution in [0.15, 0.2) is 24.3 Å². The molecule has 0 unspecified atom stereocenters. The van der Waals surface area contributed by atoms with Crippen molar-refractivity contribution in [2.75, 3.05) is 6.61 Å². The van der Waals surface area contributed by atoms with Gasteiger partial charge in [0, 0.05) is 6.92 Å². The number of fused-ring (bicyclic) bond motifs is 1. The quantitative estimate of drug-likeness (QED) is 0.849. The van der Waals surface area contributed by atoms with Crippen LogP contribution in [0.2, 0.25) is 0 Å². The monoisotopic (exact) mass is 351 g/mol. The molecule has 0 spiro atoms. The molecule has 0 aliphatic carbocycles. The van der Waals surface area contributed by atoms with Gasteiger partial charge in [-0.3, -0.25) is 4.79 Å². The van der Waals surface area contributed by atoms with Gasteiger partial charge >= 0.3 is 0 Å². The first kappa shape index (κ1) is 18.1. The Morgan fingerprint density at radius 1 is 1.40 bits per heavy atom. The lowest BCUT2D eigenvalue weighted by molar-refractivity contribution is -0.361. The van der Waals surface area contributed by atoms with Crippen molar-refractivity contribution >= 4 is 5.91 Å². The van der Waals surface area contributed by atoms with Crippen LogP contribution < -0.4 is 10.1 Å². The fourth-order valence-electron chi connectivity index (χ4n) is 3.16. The third kappa shape index (κ3) is 4.12. The van der Waals surface area contributed by atoms with E-state index >= 15 is 0 Å². The number of carbonyl (C=O) groups is 1. The van der Waals surface area contributed by atoms with Gasteiger partial charge in [0.2, 0.25) is 12.2 Å². The summed E-state index contributed by atoms with van der Waals surface area (Å²) in [6.07, 6.45) is -2.93. The molecule has 2 fully saturated rings. The van der Waals surface area contributed by atoms with Crippen LogP contribution in [0.3, 0.4) is 0 Å². The first-order valence-corrected chi connectivity index (χ1v) is 8.41. The zero-order valence-electron chi connectivity index (χ0n) is 14.9. The van der Waals surface area contributed by atoms with Gasteiger partial charge in [-0.2, -0.15) is 0 Å². The second kappa shape index (κ2) is 6.92. The summed E-state index contributed by atoms with van der Waals surface area (Å²) in [4.78, 5) is 11.6. The second-order valence-electron chi connectivity index (χ2n) is 6.99. The summed E-state index contributed by atoms with van der Waals surface area (Å²) in [6, 6.07) is 6.74. The maximum Gasteiger partial charge on any atom is 0.223 e. The molecule has 0 saturated carbocycles. The fourth-order valence-corrected chi connectivity index (χ4v) is 3.16. The highest BCUT2D eigenvalue weighted by atomic mass is 16.8. The molecule has 25 heavy (non-hydrogen) atoms. The molecular formula is C18H25NO6. The first-order chi connectivity index (χ1) is 11.7. The first-order valence-electron chi connectivity index (χ1n) is 8.41. The molecule has 2 aliphatic heterocycles. The predicted molar refractivity (Wildman–Crippen MR) is 89.0 cm³/mol. The second-order valence-corrected chi connectivity index (χ2v) is 6.99. The molecule has 2 saturated heterocycles. The van der Waals surface area contributed by atoms with E-state index in [4.69, 9.17) is 18.9 Å². The molecule has 1 aromatic rings. The van der Waals surface area contributed by atoms with Gasteiger partial charge in [-0.15, -0.1) is 0 Å². The summed E-state index contributed by atoms with van der Waals surface area (Å²) in [7, 11) is 0. The Morgan fingerprint density at radius 3 is 2.84 bits per heavy atom. The molecule has 138 valence electrons. The molecular weight excluding hydrogens is 326 g/mol. The van der Waals surface area contributed by atoms with Gasteiger partial charge in [-0.05, 0) is 38.5 Å². The maximum atomic E-state index is 11.6. The third-order valence-corrected chi connectivity index (χ3v) is 4.30. The van der Waals surface area contributed by atoms with E-state index in [9.17, 15) is 9.90 Å². The number of ether oxygens (including phenoxy) is 4. The zero-order chi connectivity index (χ0) is 18.2. The van der Waals surface area contributed by atoms with Crippen LogP contribution in [0.4, 0.5) is 0 Å². The molecule has 7 heteroatoms. The number of amides is 1. The van der Waals surface area contributed by atoms with Crippen LogP contribution >= 0.6 is 0 Å². The average molecular weight is 351 g/mol. The Morgan fingerprint density at radius 2 is 2.16 bits per heavy atom. The number of carbonyl (C=O) groups excluding carboxylic acids is 1. The SMILES string of the molecule is CC(=O)N[C@@H]1[C@H](Oc2cccc(C)c2)O[C@@H]2COC(C)(C)O[C@@H]2[C@@H]1O. The van der Waals surface area contributed by atoms with Crippen molar-refractivity contribution < 1.29 is 28.8 Å². The van der Waals surface area contributed by atoms with Crippen LogP contribution in [0, 0.1) is 6.92 Å². The number of nitrogens with one attached hydrogen (secondary N) is 1. The average Bonchev–Trinajstić information content (AvgIpc) is 2.51. The molecule has 1 amide bonds. The Kier molecular flexibility index (Phi) is 5.02. The molecule has 2 aliphatic rings. The molecule has 2 N–H and O–H groups in total. The van der Waals surface area contributed by atoms with Gasteiger partial charge in [-0.25, -0.2) is 0 Å². The molecule has 0 aromatic heterocycles. The van der Waals surface area contributed by atoms with Crippen LogP contribution in [-0.4, -0.2) is 54.1 Å². The number of hydrogen-bond donors (Lipinski definition) is 2. The number of benzene rings is 1. The topological polar surface area (TPSA) is 86.3 Å². The lowest BCUT2D eigenvalue weighted by atomic mass is 9.95. The van der Waals surface area contributed by atoms with E-state index < -0.39 is 36.4 Å². The van der Waals surface area contributed by atoms with E-state index in [0.717, 1.165) is 5.56 Å². The summed E-state index contributed by atoms with van der Waals surface area (Å²) < 4.78 is 23.3. The van der Waals surface area contributed by atoms with Crippen molar-refractivity contribution in [3.05, 3.63) is 29.8 Å². The minimum absolute atomic E-state index is 0.273. The minimum Gasteiger partial charge on any atom is -0.463 e. The van der Waals surface area contributed by atoms with E-state index in [-0.39, 0.29) is 12.5 Å². The van der Waals surface area contributed by atoms with Crippen LogP contribution in [0.25, 0.3) is 0 Å². The van der Waals surface area contributed by atoms with Gasteiger partial charge in [0.05, 0.1) is 6.61 Å². The normalized spacial score (nSPS) is 34.0. The van der Waals surface area contributed by atoms with Crippen molar-refractivity contribution in [3.63, 3.8) is 0 Å². The van der Waals surface area contributed by atoms with E-state index in [1.165, 1.54) is 6.92 Å².